The summed E-state index contributed by atoms with van der Waals surface area (Å²) in [5.41, 5.74) is 0.875. The van der Waals surface area contributed by atoms with Gasteiger partial charge in [-0.05, 0) is 37.3 Å². The molecule has 5 nitrogen and oxygen atoms in total. The SMILES string of the molecule is CCCOc1cccc2c1c(S(N)(=O)=O)cn2CC1CC1. The number of primary sulfonamides is 1. The first kappa shape index (κ1) is 14.4. The fourth-order valence-electron chi connectivity index (χ4n) is 2.56. The predicted octanol–water partition coefficient (Wildman–Crippen LogP) is 2.49. The summed E-state index contributed by atoms with van der Waals surface area (Å²) in [5.74, 6) is 1.24. The van der Waals surface area contributed by atoms with Crippen LogP contribution in [0.5, 0.6) is 5.75 Å². The molecule has 21 heavy (non-hydrogen) atoms. The summed E-state index contributed by atoms with van der Waals surface area (Å²) >= 11 is 0. The van der Waals surface area contributed by atoms with Gasteiger partial charge in [-0.3, -0.25) is 0 Å². The number of nitrogens with zero attached hydrogens (tertiary/aromatic N) is 1. The van der Waals surface area contributed by atoms with Gasteiger partial charge in [0.15, 0.2) is 0 Å². The zero-order chi connectivity index (χ0) is 15.0. The van der Waals surface area contributed by atoms with Gasteiger partial charge in [-0.2, -0.15) is 0 Å². The van der Waals surface area contributed by atoms with Crippen LogP contribution in [-0.4, -0.2) is 19.6 Å². The molecule has 1 aliphatic carbocycles. The van der Waals surface area contributed by atoms with Crippen molar-refractivity contribution in [3.63, 3.8) is 0 Å². The Kier molecular flexibility index (Phi) is 3.67. The third kappa shape index (κ3) is 2.91. The lowest BCUT2D eigenvalue weighted by Crippen LogP contribution is -2.12. The minimum Gasteiger partial charge on any atom is -0.493 e. The van der Waals surface area contributed by atoms with Crippen molar-refractivity contribution in [3.8, 4) is 5.75 Å². The topological polar surface area (TPSA) is 74.3 Å². The Labute approximate surface area is 124 Å². The number of nitrogens with two attached hydrogens (primary N) is 1. The van der Waals surface area contributed by atoms with E-state index in [0.717, 1.165) is 18.5 Å². The van der Waals surface area contributed by atoms with Crippen molar-refractivity contribution < 1.29 is 13.2 Å². The van der Waals surface area contributed by atoms with Crippen molar-refractivity contribution in [2.24, 2.45) is 11.1 Å². The maximum absolute atomic E-state index is 11.9. The van der Waals surface area contributed by atoms with Crippen LogP contribution in [0.1, 0.15) is 26.2 Å². The summed E-state index contributed by atoms with van der Waals surface area (Å²) in [7, 11) is -3.77. The smallest absolute Gasteiger partial charge is 0.240 e. The van der Waals surface area contributed by atoms with Crippen LogP contribution in [-0.2, 0) is 16.6 Å². The Morgan fingerprint density at radius 3 is 2.76 bits per heavy atom. The van der Waals surface area contributed by atoms with Gasteiger partial charge < -0.3 is 9.30 Å². The number of ether oxygens (including phenoxy) is 1. The van der Waals surface area contributed by atoms with Crippen LogP contribution in [0.25, 0.3) is 10.9 Å². The minimum absolute atomic E-state index is 0.157. The molecule has 0 amide bonds. The molecule has 3 rings (SSSR count). The zero-order valence-corrected chi connectivity index (χ0v) is 12.9. The van der Waals surface area contributed by atoms with Crippen molar-refractivity contribution >= 4 is 20.9 Å². The molecule has 1 saturated carbocycles. The molecule has 1 aromatic heterocycles. The van der Waals surface area contributed by atoms with Crippen LogP contribution in [0.3, 0.4) is 0 Å². The van der Waals surface area contributed by atoms with Crippen molar-refractivity contribution in [3.05, 3.63) is 24.4 Å². The molecule has 1 aromatic carbocycles. The standard InChI is InChI=1S/C15H20N2O3S/c1-2-8-20-13-5-3-4-12-15(13)14(21(16,18)19)10-17(12)9-11-6-7-11/h3-5,10-11H,2,6-9H2,1H3,(H2,16,18,19). The summed E-state index contributed by atoms with van der Waals surface area (Å²) in [6.45, 7) is 3.40. The minimum atomic E-state index is -3.77. The molecule has 114 valence electrons. The molecular weight excluding hydrogens is 288 g/mol. The normalized spacial score (nSPS) is 15.5. The molecule has 0 aliphatic heterocycles. The van der Waals surface area contributed by atoms with E-state index in [0.29, 0.717) is 23.7 Å². The van der Waals surface area contributed by atoms with E-state index in [1.165, 1.54) is 12.8 Å². The lowest BCUT2D eigenvalue weighted by atomic mass is 10.2. The van der Waals surface area contributed by atoms with Crippen molar-refractivity contribution in [2.45, 2.75) is 37.6 Å². The largest absolute Gasteiger partial charge is 0.493 e. The summed E-state index contributed by atoms with van der Waals surface area (Å²) in [5, 5.41) is 5.99. The van der Waals surface area contributed by atoms with Crippen LogP contribution in [0.2, 0.25) is 0 Å². The number of benzene rings is 1. The molecular formula is C15H20N2O3S. The van der Waals surface area contributed by atoms with Crippen LogP contribution in [0.4, 0.5) is 0 Å². The first-order valence-corrected chi connectivity index (χ1v) is 8.82. The average molecular weight is 308 g/mol. The maximum atomic E-state index is 11.9. The van der Waals surface area contributed by atoms with Crippen LogP contribution < -0.4 is 9.88 Å². The highest BCUT2D eigenvalue weighted by Gasteiger charge is 2.26. The Morgan fingerprint density at radius 2 is 2.14 bits per heavy atom. The molecule has 2 N–H and O–H groups in total. The lowest BCUT2D eigenvalue weighted by molar-refractivity contribution is 0.321. The molecule has 0 radical (unpaired) electrons. The second-order valence-electron chi connectivity index (χ2n) is 5.63. The third-order valence-electron chi connectivity index (χ3n) is 3.75. The molecule has 1 heterocycles. The number of aromatic nitrogens is 1. The van der Waals surface area contributed by atoms with Gasteiger partial charge in [0.1, 0.15) is 10.6 Å². The molecule has 6 heteroatoms. The monoisotopic (exact) mass is 308 g/mol. The zero-order valence-electron chi connectivity index (χ0n) is 12.1. The molecule has 1 aliphatic rings. The molecule has 0 unspecified atom stereocenters. The van der Waals surface area contributed by atoms with E-state index < -0.39 is 10.0 Å². The van der Waals surface area contributed by atoms with Gasteiger partial charge in [-0.25, -0.2) is 13.6 Å². The van der Waals surface area contributed by atoms with Gasteiger partial charge in [-0.1, -0.05) is 13.0 Å². The van der Waals surface area contributed by atoms with E-state index >= 15 is 0 Å². The second-order valence-corrected chi connectivity index (χ2v) is 7.16. The van der Waals surface area contributed by atoms with Gasteiger partial charge in [0.2, 0.25) is 10.0 Å². The number of fused-ring (bicyclic) bond motifs is 1. The van der Waals surface area contributed by atoms with Crippen LogP contribution >= 0.6 is 0 Å². The average Bonchev–Trinajstić information content (AvgIpc) is 3.15. The van der Waals surface area contributed by atoms with Gasteiger partial charge in [-0.15, -0.1) is 0 Å². The van der Waals surface area contributed by atoms with Gasteiger partial charge in [0.05, 0.1) is 17.5 Å². The van der Waals surface area contributed by atoms with E-state index in [-0.39, 0.29) is 4.90 Å². The van der Waals surface area contributed by atoms with E-state index in [2.05, 4.69) is 0 Å². The van der Waals surface area contributed by atoms with Gasteiger partial charge in [0, 0.05) is 12.7 Å². The second kappa shape index (κ2) is 5.35. The number of hydrogen-bond acceptors (Lipinski definition) is 3. The summed E-state index contributed by atoms with van der Waals surface area (Å²) in [6.07, 6.45) is 4.92. The Bertz CT molecular complexity index is 761. The Morgan fingerprint density at radius 1 is 1.38 bits per heavy atom. The van der Waals surface area contributed by atoms with Gasteiger partial charge in [0.25, 0.3) is 0 Å². The molecule has 0 saturated heterocycles. The lowest BCUT2D eigenvalue weighted by Gasteiger charge is -2.08. The first-order chi connectivity index (χ1) is 10.0. The number of rotatable bonds is 6. The van der Waals surface area contributed by atoms with E-state index in [4.69, 9.17) is 9.88 Å². The van der Waals surface area contributed by atoms with Crippen LogP contribution in [0.15, 0.2) is 29.3 Å². The Hall–Kier alpha value is -1.53. The summed E-state index contributed by atoms with van der Waals surface area (Å²) in [6, 6.07) is 5.61. The van der Waals surface area contributed by atoms with Gasteiger partial charge >= 0.3 is 0 Å². The third-order valence-corrected chi connectivity index (χ3v) is 4.68. The van der Waals surface area contributed by atoms with E-state index in [1.54, 1.807) is 12.3 Å². The number of hydrogen-bond donors (Lipinski definition) is 1. The van der Waals surface area contributed by atoms with Crippen LogP contribution in [0, 0.1) is 5.92 Å². The highest BCUT2D eigenvalue weighted by atomic mass is 32.2. The molecule has 0 atom stereocenters. The molecule has 1 fully saturated rings. The predicted molar refractivity (Wildman–Crippen MR) is 81.8 cm³/mol. The fourth-order valence-corrected chi connectivity index (χ4v) is 3.32. The van der Waals surface area contributed by atoms with E-state index in [9.17, 15) is 8.42 Å². The Balaban J connectivity index is 2.17. The highest BCUT2D eigenvalue weighted by Crippen LogP contribution is 2.36. The maximum Gasteiger partial charge on any atom is 0.240 e. The van der Waals surface area contributed by atoms with Crippen molar-refractivity contribution in [1.29, 1.82) is 0 Å². The number of sulfonamides is 1. The molecule has 0 bridgehead atoms. The highest BCUT2D eigenvalue weighted by molar-refractivity contribution is 7.89. The summed E-state index contributed by atoms with van der Waals surface area (Å²) < 4.78 is 31.5. The molecule has 0 spiro atoms. The quantitative estimate of drug-likeness (QED) is 0.891. The van der Waals surface area contributed by atoms with Crippen molar-refractivity contribution in [2.75, 3.05) is 6.61 Å². The summed E-state index contributed by atoms with van der Waals surface area (Å²) in [4.78, 5) is 0.157. The fraction of sp³-hybridized carbons (Fsp3) is 0.467. The van der Waals surface area contributed by atoms with Crippen molar-refractivity contribution in [1.82, 2.24) is 4.57 Å². The molecule has 2 aromatic rings. The first-order valence-electron chi connectivity index (χ1n) is 7.28. The van der Waals surface area contributed by atoms with E-state index in [1.807, 2.05) is 23.6 Å².